The molecule has 0 amide bonds. The van der Waals surface area contributed by atoms with Gasteiger partial charge in [-0.05, 0) is 18.2 Å². The average Bonchev–Trinajstić information content (AvgIpc) is 1.59. The molecule has 0 radical (unpaired) electrons. The molecule has 0 N–H and O–H groups in total. The van der Waals surface area contributed by atoms with E-state index in [0.29, 0.717) is 10.0 Å². The first kappa shape index (κ1) is 11.0. The van der Waals surface area contributed by atoms with Gasteiger partial charge in [-0.1, -0.05) is 39.1 Å². The zero-order valence-corrected chi connectivity index (χ0v) is 9.59. The number of rotatable bonds is 0. The van der Waals surface area contributed by atoms with Crippen LogP contribution in [0.5, 0.6) is 0 Å². The van der Waals surface area contributed by atoms with Gasteiger partial charge in [0.25, 0.3) is 0 Å². The molecule has 0 spiro atoms. The standard InChI is InChI=1S/C6H3BrCl2.Mg.2H/c7-4-1-5(8)3-6(9)2-4;;;/h1-3H;;;/q;+2;2*-1. The van der Waals surface area contributed by atoms with Crippen LogP contribution in [0.25, 0.3) is 0 Å². The zero-order chi connectivity index (χ0) is 6.85. The first-order chi connectivity index (χ1) is 4.18. The van der Waals surface area contributed by atoms with Gasteiger partial charge in [-0.3, -0.25) is 0 Å². The minimum absolute atomic E-state index is 0. The Bertz CT molecular complexity index is 184. The van der Waals surface area contributed by atoms with Gasteiger partial charge in [-0.2, -0.15) is 0 Å². The molecule has 4 heteroatoms. The van der Waals surface area contributed by atoms with Crippen molar-refractivity contribution in [3.63, 3.8) is 0 Å². The summed E-state index contributed by atoms with van der Waals surface area (Å²) in [4.78, 5) is 0. The monoisotopic (exact) mass is 250 g/mol. The van der Waals surface area contributed by atoms with Crippen LogP contribution in [0.4, 0.5) is 0 Å². The van der Waals surface area contributed by atoms with E-state index >= 15 is 0 Å². The molecular weight excluding hydrogens is 247 g/mol. The first-order valence-corrected chi connectivity index (χ1v) is 3.85. The first-order valence-electron chi connectivity index (χ1n) is 2.30. The fourth-order valence-electron chi connectivity index (χ4n) is 0.520. The molecule has 0 aliphatic heterocycles. The van der Waals surface area contributed by atoms with Crippen molar-refractivity contribution in [3.8, 4) is 0 Å². The van der Waals surface area contributed by atoms with Crippen LogP contribution in [0, 0.1) is 0 Å². The molecule has 0 saturated heterocycles. The summed E-state index contributed by atoms with van der Waals surface area (Å²) in [6.07, 6.45) is 0. The van der Waals surface area contributed by atoms with Crippen LogP contribution < -0.4 is 0 Å². The Morgan fingerprint density at radius 1 is 1.10 bits per heavy atom. The van der Waals surface area contributed by atoms with Crippen molar-refractivity contribution in [1.82, 2.24) is 0 Å². The molecule has 0 aliphatic carbocycles. The second-order valence-electron chi connectivity index (χ2n) is 1.59. The second-order valence-corrected chi connectivity index (χ2v) is 3.38. The summed E-state index contributed by atoms with van der Waals surface area (Å²) in [7, 11) is 0. The fourth-order valence-corrected chi connectivity index (χ4v) is 1.80. The number of benzene rings is 1. The van der Waals surface area contributed by atoms with Crippen molar-refractivity contribution in [2.45, 2.75) is 0 Å². The van der Waals surface area contributed by atoms with E-state index in [2.05, 4.69) is 15.9 Å². The summed E-state index contributed by atoms with van der Waals surface area (Å²) in [5, 5.41) is 1.30. The predicted octanol–water partition coefficient (Wildman–Crippen LogP) is 3.60. The summed E-state index contributed by atoms with van der Waals surface area (Å²) < 4.78 is 0.903. The van der Waals surface area contributed by atoms with Gasteiger partial charge in [-0.25, -0.2) is 0 Å². The van der Waals surface area contributed by atoms with E-state index in [0.717, 1.165) is 4.47 Å². The van der Waals surface area contributed by atoms with Crippen LogP contribution in [-0.2, 0) is 0 Å². The molecule has 1 rings (SSSR count). The average molecular weight is 252 g/mol. The third-order valence-electron chi connectivity index (χ3n) is 0.827. The summed E-state index contributed by atoms with van der Waals surface area (Å²) in [5.74, 6) is 0. The maximum absolute atomic E-state index is 5.64. The summed E-state index contributed by atoms with van der Waals surface area (Å²) >= 11 is 14.5. The Balaban J connectivity index is -0.000000270. The van der Waals surface area contributed by atoms with Gasteiger partial charge in [0, 0.05) is 14.5 Å². The smallest absolute Gasteiger partial charge is 1.00 e. The molecule has 0 saturated carbocycles. The van der Waals surface area contributed by atoms with E-state index in [1.165, 1.54) is 0 Å². The van der Waals surface area contributed by atoms with Crippen LogP contribution >= 0.6 is 39.1 Å². The number of hydrogen-bond donors (Lipinski definition) is 0. The van der Waals surface area contributed by atoms with Crippen molar-refractivity contribution in [2.24, 2.45) is 0 Å². The quantitative estimate of drug-likeness (QED) is 0.619. The fraction of sp³-hybridized carbons (Fsp3) is 0. The van der Waals surface area contributed by atoms with Crippen molar-refractivity contribution in [2.75, 3.05) is 0 Å². The second kappa shape index (κ2) is 4.83. The van der Waals surface area contributed by atoms with Gasteiger partial charge in [0.1, 0.15) is 0 Å². The van der Waals surface area contributed by atoms with Gasteiger partial charge in [0.05, 0.1) is 0 Å². The molecule has 0 aliphatic rings. The largest absolute Gasteiger partial charge is 2.00 e. The summed E-state index contributed by atoms with van der Waals surface area (Å²) in [5.41, 5.74) is 0. The van der Waals surface area contributed by atoms with E-state index in [1.54, 1.807) is 18.2 Å². The molecule has 0 unspecified atom stereocenters. The van der Waals surface area contributed by atoms with Gasteiger partial charge in [0.15, 0.2) is 0 Å². The minimum atomic E-state index is 0. The van der Waals surface area contributed by atoms with E-state index in [-0.39, 0.29) is 25.9 Å². The number of hydrogen-bond acceptors (Lipinski definition) is 0. The SMILES string of the molecule is Clc1cc(Cl)cc(Br)c1.[H-].[H-].[Mg+2]. The Hall–Kier alpha value is 1.05. The summed E-state index contributed by atoms with van der Waals surface area (Å²) in [6.45, 7) is 0. The van der Waals surface area contributed by atoms with Crippen molar-refractivity contribution in [3.05, 3.63) is 32.7 Å². The normalized spacial score (nSPS) is 8.70. The Kier molecular flexibility index (Phi) is 5.34. The molecule has 52 valence electrons. The van der Waals surface area contributed by atoms with E-state index < -0.39 is 0 Å². The van der Waals surface area contributed by atoms with Gasteiger partial charge >= 0.3 is 23.1 Å². The van der Waals surface area contributed by atoms with Crippen molar-refractivity contribution < 1.29 is 2.85 Å². The van der Waals surface area contributed by atoms with Crippen molar-refractivity contribution >= 4 is 62.2 Å². The van der Waals surface area contributed by atoms with Gasteiger partial charge < -0.3 is 2.85 Å². The van der Waals surface area contributed by atoms with E-state index in [9.17, 15) is 0 Å². The predicted molar refractivity (Wildman–Crippen MR) is 52.1 cm³/mol. The van der Waals surface area contributed by atoms with Crippen LogP contribution in [0.2, 0.25) is 10.0 Å². The molecule has 0 nitrogen and oxygen atoms in total. The molecule has 10 heavy (non-hydrogen) atoms. The Morgan fingerprint density at radius 2 is 1.50 bits per heavy atom. The van der Waals surface area contributed by atoms with Crippen molar-refractivity contribution in [1.29, 1.82) is 0 Å². The molecule has 0 bridgehead atoms. The molecule has 0 atom stereocenters. The molecule has 1 aromatic rings. The third kappa shape index (κ3) is 3.44. The van der Waals surface area contributed by atoms with Crippen LogP contribution in [0.1, 0.15) is 2.85 Å². The summed E-state index contributed by atoms with van der Waals surface area (Å²) in [6, 6.07) is 5.26. The molecule has 0 aromatic heterocycles. The van der Waals surface area contributed by atoms with Crippen LogP contribution in [-0.4, -0.2) is 23.1 Å². The maximum Gasteiger partial charge on any atom is 2.00 e. The van der Waals surface area contributed by atoms with Crippen LogP contribution in [0.3, 0.4) is 0 Å². The Morgan fingerprint density at radius 3 is 1.80 bits per heavy atom. The molecule has 0 fully saturated rings. The topological polar surface area (TPSA) is 0 Å². The number of halogens is 3. The van der Waals surface area contributed by atoms with E-state index in [4.69, 9.17) is 23.2 Å². The minimum Gasteiger partial charge on any atom is -1.00 e. The third-order valence-corrected chi connectivity index (χ3v) is 1.72. The molecule has 0 heterocycles. The van der Waals surface area contributed by atoms with Crippen LogP contribution in [0.15, 0.2) is 22.7 Å². The Labute approximate surface area is 97.1 Å². The van der Waals surface area contributed by atoms with Gasteiger partial charge in [0.2, 0.25) is 0 Å². The van der Waals surface area contributed by atoms with E-state index in [1.807, 2.05) is 0 Å². The zero-order valence-electron chi connectivity index (χ0n) is 7.07. The molecular formula is C6H5BrCl2Mg. The van der Waals surface area contributed by atoms with Gasteiger partial charge in [-0.15, -0.1) is 0 Å². The maximum atomic E-state index is 5.64. The molecule has 1 aromatic carbocycles.